The third kappa shape index (κ3) is 4.66. The van der Waals surface area contributed by atoms with E-state index in [1.165, 1.54) is 18.9 Å². The molecule has 0 radical (unpaired) electrons. The van der Waals surface area contributed by atoms with E-state index in [4.69, 9.17) is 0 Å². The zero-order valence-electron chi connectivity index (χ0n) is 10.4. The Bertz CT molecular complexity index is 295. The second-order valence-electron chi connectivity index (χ2n) is 4.08. The average Bonchev–Trinajstić information content (AvgIpc) is 2.35. The topological polar surface area (TPSA) is 12.0 Å². The van der Waals surface area contributed by atoms with Gasteiger partial charge >= 0.3 is 0 Å². The molecule has 1 nitrogen and oxygen atoms in total. The molecule has 0 spiro atoms. The molecule has 0 bridgehead atoms. The Balaban J connectivity index is 2.63. The van der Waals surface area contributed by atoms with Crippen molar-refractivity contribution in [1.29, 1.82) is 0 Å². The van der Waals surface area contributed by atoms with Crippen molar-refractivity contribution in [3.8, 4) is 0 Å². The highest BCUT2D eigenvalue weighted by Crippen LogP contribution is 2.03. The Morgan fingerprint density at radius 3 is 2.56 bits per heavy atom. The van der Waals surface area contributed by atoms with E-state index in [0.29, 0.717) is 0 Å². The number of hydrogen-bond acceptors (Lipinski definition) is 1. The molecule has 1 N–H and O–H groups in total. The summed E-state index contributed by atoms with van der Waals surface area (Å²) in [6, 6.07) is 12.3. The molecule has 0 aliphatic heterocycles. The van der Waals surface area contributed by atoms with E-state index in [-0.39, 0.29) is 0 Å². The second kappa shape index (κ2) is 8.17. The largest absolute Gasteiger partial charge is 0.392 e. The van der Waals surface area contributed by atoms with E-state index in [2.05, 4.69) is 61.4 Å². The molecule has 1 rings (SSSR count). The summed E-state index contributed by atoms with van der Waals surface area (Å²) in [7, 11) is -0.884. The van der Waals surface area contributed by atoms with E-state index >= 15 is 0 Å². The monoisotopic (exact) mass is 233 g/mol. The normalized spacial score (nSPS) is 12.9. The maximum absolute atomic E-state index is 3.28. The van der Waals surface area contributed by atoms with Crippen molar-refractivity contribution in [1.82, 2.24) is 5.32 Å². The minimum Gasteiger partial charge on any atom is -0.392 e. The quantitative estimate of drug-likeness (QED) is 0.714. The van der Waals surface area contributed by atoms with Crippen molar-refractivity contribution in [3.63, 3.8) is 0 Å². The van der Waals surface area contributed by atoms with Crippen LogP contribution in [0.5, 0.6) is 0 Å². The highest BCUT2D eigenvalue weighted by molar-refractivity contribution is 6.77. The first kappa shape index (κ1) is 13.0. The van der Waals surface area contributed by atoms with Crippen molar-refractivity contribution >= 4 is 14.0 Å². The number of unbranched alkanes of at least 4 members (excludes halogenated alkanes) is 1. The summed E-state index contributed by atoms with van der Waals surface area (Å²) >= 11 is 0. The predicted octanol–water partition coefficient (Wildman–Crippen LogP) is 2.58. The Morgan fingerprint density at radius 1 is 1.19 bits per heavy atom. The molecule has 0 aromatic heterocycles. The van der Waals surface area contributed by atoms with Crippen molar-refractivity contribution in [3.05, 3.63) is 42.2 Å². The summed E-state index contributed by atoms with van der Waals surface area (Å²) in [5, 5.41) is 4.84. The van der Waals surface area contributed by atoms with Crippen LogP contribution in [0.15, 0.2) is 42.2 Å². The lowest BCUT2D eigenvalue weighted by Gasteiger charge is -2.11. The van der Waals surface area contributed by atoms with Gasteiger partial charge in [-0.15, -0.1) is 0 Å². The molecule has 88 valence electrons. The van der Waals surface area contributed by atoms with E-state index < -0.39 is 8.80 Å². The molecule has 16 heavy (non-hydrogen) atoms. The van der Waals surface area contributed by atoms with Gasteiger partial charge in [-0.2, -0.15) is 0 Å². The summed E-state index contributed by atoms with van der Waals surface area (Å²) in [5.41, 5.74) is 2.43. The molecule has 1 aromatic carbocycles. The molecule has 1 aromatic rings. The number of hydrogen-bond donors (Lipinski definition) is 1. The van der Waals surface area contributed by atoms with Crippen LogP contribution in [0.1, 0.15) is 26.7 Å². The fourth-order valence-corrected chi connectivity index (χ4v) is 4.48. The van der Waals surface area contributed by atoms with Crippen LogP contribution in [-0.4, -0.2) is 15.3 Å². The van der Waals surface area contributed by atoms with Crippen LogP contribution in [0.2, 0.25) is 6.04 Å². The van der Waals surface area contributed by atoms with E-state index in [9.17, 15) is 0 Å². The molecule has 0 heterocycles. The van der Waals surface area contributed by atoms with Crippen molar-refractivity contribution in [2.45, 2.75) is 32.7 Å². The van der Waals surface area contributed by atoms with Crippen LogP contribution in [0.4, 0.5) is 0 Å². The molecule has 0 amide bonds. The van der Waals surface area contributed by atoms with Gasteiger partial charge in [0.1, 0.15) is 0 Å². The van der Waals surface area contributed by atoms with E-state index in [1.807, 2.05) is 0 Å². The van der Waals surface area contributed by atoms with Crippen LogP contribution in [0.25, 0.3) is 0 Å². The first-order chi connectivity index (χ1) is 7.88. The minimum atomic E-state index is -0.884. The predicted molar refractivity (Wildman–Crippen MR) is 75.8 cm³/mol. The van der Waals surface area contributed by atoms with Crippen LogP contribution >= 0.6 is 0 Å². The van der Waals surface area contributed by atoms with Crippen LogP contribution in [-0.2, 0) is 0 Å². The van der Waals surface area contributed by atoms with Gasteiger partial charge in [-0.1, -0.05) is 67.0 Å². The lowest BCUT2D eigenvalue weighted by molar-refractivity contribution is 0.877. The van der Waals surface area contributed by atoms with Gasteiger partial charge in [0.05, 0.1) is 8.80 Å². The first-order valence-corrected chi connectivity index (χ1v) is 8.39. The molecule has 0 fully saturated rings. The second-order valence-corrected chi connectivity index (χ2v) is 6.92. The van der Waals surface area contributed by atoms with E-state index in [1.54, 1.807) is 5.19 Å². The average molecular weight is 233 g/mol. The van der Waals surface area contributed by atoms with Gasteiger partial charge in [0.2, 0.25) is 0 Å². The molecule has 0 saturated carbocycles. The molecule has 0 aliphatic carbocycles. The van der Waals surface area contributed by atoms with Crippen LogP contribution < -0.4 is 10.5 Å². The number of nitrogens with one attached hydrogen (secondary N) is 1. The maximum Gasteiger partial charge on any atom is 0.0958 e. The zero-order valence-corrected chi connectivity index (χ0v) is 11.6. The van der Waals surface area contributed by atoms with Gasteiger partial charge in [0.25, 0.3) is 0 Å². The smallest absolute Gasteiger partial charge is 0.0958 e. The molecular formula is C14H23NSi. The fraction of sp³-hybridized carbons (Fsp3) is 0.429. The number of rotatable bonds is 7. The summed E-state index contributed by atoms with van der Waals surface area (Å²) in [4.78, 5) is 0. The molecule has 1 unspecified atom stereocenters. The Kier molecular flexibility index (Phi) is 6.66. The molecule has 0 aliphatic rings. The third-order valence-electron chi connectivity index (χ3n) is 2.75. The SMILES string of the molecule is CCCC[SiH](C=CNCC)c1ccccc1. The Labute approximate surface area is 101 Å². The van der Waals surface area contributed by atoms with E-state index in [0.717, 1.165) is 6.54 Å². The van der Waals surface area contributed by atoms with Crippen molar-refractivity contribution < 1.29 is 0 Å². The molecule has 2 heteroatoms. The summed E-state index contributed by atoms with van der Waals surface area (Å²) in [5.74, 6) is 0. The Hall–Kier alpha value is -1.02. The van der Waals surface area contributed by atoms with Crippen LogP contribution in [0.3, 0.4) is 0 Å². The molecule has 0 saturated heterocycles. The molecule has 1 atom stereocenters. The summed E-state index contributed by atoms with van der Waals surface area (Å²) in [6.45, 7) is 5.42. The van der Waals surface area contributed by atoms with Gasteiger partial charge in [0, 0.05) is 6.54 Å². The van der Waals surface area contributed by atoms with Gasteiger partial charge in [-0.3, -0.25) is 0 Å². The van der Waals surface area contributed by atoms with Crippen molar-refractivity contribution in [2.24, 2.45) is 0 Å². The highest BCUT2D eigenvalue weighted by atomic mass is 28.3. The number of benzene rings is 1. The van der Waals surface area contributed by atoms with Crippen LogP contribution in [0, 0.1) is 0 Å². The highest BCUT2D eigenvalue weighted by Gasteiger charge is 2.08. The first-order valence-electron chi connectivity index (χ1n) is 6.33. The van der Waals surface area contributed by atoms with Gasteiger partial charge in [-0.05, 0) is 13.1 Å². The zero-order chi connectivity index (χ0) is 11.6. The fourth-order valence-electron chi connectivity index (χ4n) is 1.80. The van der Waals surface area contributed by atoms with Gasteiger partial charge < -0.3 is 5.32 Å². The van der Waals surface area contributed by atoms with Gasteiger partial charge in [-0.25, -0.2) is 0 Å². The Morgan fingerprint density at radius 2 is 1.94 bits per heavy atom. The minimum absolute atomic E-state index is 0.884. The standard InChI is InChI=1S/C14H23NSi/c1-3-5-12-16(13-11-15-4-2)14-9-7-6-8-10-14/h6-11,13,15-16H,3-5,12H2,1-2H3. The van der Waals surface area contributed by atoms with Gasteiger partial charge in [0.15, 0.2) is 0 Å². The lowest BCUT2D eigenvalue weighted by Crippen LogP contribution is -2.28. The molecular weight excluding hydrogens is 210 g/mol. The maximum atomic E-state index is 3.28. The summed E-state index contributed by atoms with van der Waals surface area (Å²) < 4.78 is 0. The lowest BCUT2D eigenvalue weighted by atomic mass is 10.4. The summed E-state index contributed by atoms with van der Waals surface area (Å²) in [6.07, 6.45) is 4.80. The van der Waals surface area contributed by atoms with Crippen molar-refractivity contribution in [2.75, 3.05) is 6.54 Å². The third-order valence-corrected chi connectivity index (χ3v) is 5.68.